The van der Waals surface area contributed by atoms with Gasteiger partial charge < -0.3 is 9.64 Å². The molecule has 0 bridgehead atoms. The van der Waals surface area contributed by atoms with Gasteiger partial charge in [0.15, 0.2) is 0 Å². The van der Waals surface area contributed by atoms with Crippen molar-refractivity contribution in [2.24, 2.45) is 0 Å². The molecule has 0 saturated carbocycles. The van der Waals surface area contributed by atoms with Crippen molar-refractivity contribution in [2.75, 3.05) is 26.1 Å². The number of methoxy groups -OCH3 is 1. The third-order valence-corrected chi connectivity index (χ3v) is 2.41. The van der Waals surface area contributed by atoms with Crippen molar-refractivity contribution in [3.63, 3.8) is 0 Å². The smallest absolute Gasteiger partial charge is 0.145 e. The molecule has 2 rings (SSSR count). The highest BCUT2D eigenvalue weighted by atomic mass is 16.5. The summed E-state index contributed by atoms with van der Waals surface area (Å²) < 4.78 is 5.28. The van der Waals surface area contributed by atoms with Crippen LogP contribution in [0.5, 0.6) is 5.75 Å². The summed E-state index contributed by atoms with van der Waals surface area (Å²) in [6.07, 6.45) is 1.78. The first kappa shape index (κ1) is 9.77. The third-order valence-electron chi connectivity index (χ3n) is 2.41. The van der Waals surface area contributed by atoms with Gasteiger partial charge in [-0.05, 0) is 24.3 Å². The fourth-order valence-corrected chi connectivity index (χ4v) is 1.69. The molecule has 0 aliphatic rings. The Kier molecular flexibility index (Phi) is 2.46. The predicted octanol–water partition coefficient (Wildman–Crippen LogP) is 2.31. The zero-order chi connectivity index (χ0) is 10.8. The number of ether oxygens (including phenoxy) is 1. The van der Waals surface area contributed by atoms with Crippen LogP contribution < -0.4 is 9.64 Å². The number of anilines is 1. The third kappa shape index (κ3) is 1.61. The number of rotatable bonds is 2. The maximum atomic E-state index is 5.28. The van der Waals surface area contributed by atoms with Crippen LogP contribution in [0.3, 0.4) is 0 Å². The summed E-state index contributed by atoms with van der Waals surface area (Å²) >= 11 is 0. The quantitative estimate of drug-likeness (QED) is 0.747. The molecule has 0 saturated heterocycles. The highest BCUT2D eigenvalue weighted by molar-refractivity contribution is 5.95. The van der Waals surface area contributed by atoms with E-state index in [9.17, 15) is 0 Å². The van der Waals surface area contributed by atoms with Gasteiger partial charge in [-0.2, -0.15) is 0 Å². The van der Waals surface area contributed by atoms with Gasteiger partial charge in [0, 0.05) is 31.4 Å². The normalized spacial score (nSPS) is 10.3. The number of hydrogen-bond donors (Lipinski definition) is 0. The summed E-state index contributed by atoms with van der Waals surface area (Å²) in [6, 6.07) is 7.99. The van der Waals surface area contributed by atoms with Crippen molar-refractivity contribution in [1.29, 1.82) is 0 Å². The summed E-state index contributed by atoms with van der Waals surface area (Å²) in [4.78, 5) is 6.42. The molecule has 0 radical (unpaired) electrons. The average Bonchev–Trinajstić information content (AvgIpc) is 2.27. The van der Waals surface area contributed by atoms with Gasteiger partial charge in [-0.15, -0.1) is 0 Å². The Morgan fingerprint density at radius 3 is 2.67 bits per heavy atom. The highest BCUT2D eigenvalue weighted by Gasteiger charge is 2.07. The zero-order valence-corrected chi connectivity index (χ0v) is 9.19. The lowest BCUT2D eigenvalue weighted by atomic mass is 10.1. The van der Waals surface area contributed by atoms with Crippen LogP contribution in [0, 0.1) is 0 Å². The van der Waals surface area contributed by atoms with Gasteiger partial charge in [-0.1, -0.05) is 0 Å². The molecule has 3 heteroatoms. The number of pyridine rings is 1. The van der Waals surface area contributed by atoms with Crippen LogP contribution in [-0.2, 0) is 0 Å². The van der Waals surface area contributed by atoms with E-state index in [4.69, 9.17) is 4.74 Å². The van der Waals surface area contributed by atoms with E-state index in [1.54, 1.807) is 13.3 Å². The van der Waals surface area contributed by atoms with Gasteiger partial charge in [-0.25, -0.2) is 0 Å². The van der Waals surface area contributed by atoms with Crippen molar-refractivity contribution < 1.29 is 4.74 Å². The molecule has 1 aromatic carbocycles. The summed E-state index contributed by atoms with van der Waals surface area (Å²) in [6.45, 7) is 0. The number of benzene rings is 1. The van der Waals surface area contributed by atoms with Crippen LogP contribution in [0.1, 0.15) is 0 Å². The number of aromatic nitrogens is 1. The minimum atomic E-state index is 0.816. The first-order chi connectivity index (χ1) is 7.24. The molecule has 0 aliphatic carbocycles. The molecule has 0 fully saturated rings. The molecule has 15 heavy (non-hydrogen) atoms. The molecule has 2 aromatic rings. The second-order valence-electron chi connectivity index (χ2n) is 3.58. The fourth-order valence-electron chi connectivity index (χ4n) is 1.69. The van der Waals surface area contributed by atoms with Gasteiger partial charge in [0.1, 0.15) is 11.3 Å². The van der Waals surface area contributed by atoms with Gasteiger partial charge in [0.05, 0.1) is 7.11 Å². The Balaban J connectivity index is 2.77. The molecule has 0 spiro atoms. The van der Waals surface area contributed by atoms with Crippen molar-refractivity contribution in [1.82, 2.24) is 4.98 Å². The van der Waals surface area contributed by atoms with E-state index in [-0.39, 0.29) is 0 Å². The first-order valence-electron chi connectivity index (χ1n) is 4.83. The molecule has 1 heterocycles. The van der Waals surface area contributed by atoms with Crippen molar-refractivity contribution >= 4 is 16.6 Å². The van der Waals surface area contributed by atoms with Gasteiger partial charge in [0.25, 0.3) is 0 Å². The maximum absolute atomic E-state index is 5.28. The van der Waals surface area contributed by atoms with Crippen LogP contribution in [-0.4, -0.2) is 26.2 Å². The van der Waals surface area contributed by atoms with Gasteiger partial charge >= 0.3 is 0 Å². The number of hydrogen-bond acceptors (Lipinski definition) is 3. The zero-order valence-electron chi connectivity index (χ0n) is 9.19. The number of nitrogens with zero attached hydrogens (tertiary/aromatic N) is 2. The van der Waals surface area contributed by atoms with Crippen molar-refractivity contribution in [3.8, 4) is 5.75 Å². The lowest BCUT2D eigenvalue weighted by Gasteiger charge is -2.16. The van der Waals surface area contributed by atoms with E-state index >= 15 is 0 Å². The SMILES string of the molecule is COc1ccc(N(C)C)c2cccnc12. The highest BCUT2D eigenvalue weighted by Crippen LogP contribution is 2.30. The van der Waals surface area contributed by atoms with E-state index in [2.05, 4.69) is 16.0 Å². The summed E-state index contributed by atoms with van der Waals surface area (Å²) in [7, 11) is 5.71. The average molecular weight is 202 g/mol. The summed E-state index contributed by atoms with van der Waals surface area (Å²) in [5, 5.41) is 1.11. The second kappa shape index (κ2) is 3.77. The van der Waals surface area contributed by atoms with Gasteiger partial charge in [0.2, 0.25) is 0 Å². The largest absolute Gasteiger partial charge is 0.494 e. The lowest BCUT2D eigenvalue weighted by molar-refractivity contribution is 0.419. The number of fused-ring (bicyclic) bond motifs is 1. The summed E-state index contributed by atoms with van der Waals surface area (Å²) in [5.74, 6) is 0.816. The van der Waals surface area contributed by atoms with Gasteiger partial charge in [-0.3, -0.25) is 4.98 Å². The van der Waals surface area contributed by atoms with Crippen LogP contribution in [0.2, 0.25) is 0 Å². The Morgan fingerprint density at radius 1 is 1.20 bits per heavy atom. The molecule has 0 atom stereocenters. The minimum Gasteiger partial charge on any atom is -0.494 e. The molecular weight excluding hydrogens is 188 g/mol. The van der Waals surface area contributed by atoms with E-state index in [1.807, 2.05) is 32.3 Å². The van der Waals surface area contributed by atoms with E-state index in [0.29, 0.717) is 0 Å². The van der Waals surface area contributed by atoms with Crippen molar-refractivity contribution in [2.45, 2.75) is 0 Å². The molecule has 0 amide bonds. The van der Waals surface area contributed by atoms with Crippen LogP contribution in [0.25, 0.3) is 10.9 Å². The lowest BCUT2D eigenvalue weighted by Crippen LogP contribution is -2.09. The Morgan fingerprint density at radius 2 is 2.00 bits per heavy atom. The Bertz CT molecular complexity index is 480. The van der Waals surface area contributed by atoms with Crippen molar-refractivity contribution in [3.05, 3.63) is 30.5 Å². The molecule has 0 unspecified atom stereocenters. The van der Waals surface area contributed by atoms with E-state index < -0.39 is 0 Å². The van der Waals surface area contributed by atoms with Crippen LogP contribution in [0.15, 0.2) is 30.5 Å². The topological polar surface area (TPSA) is 25.4 Å². The molecular formula is C12H14N2O. The minimum absolute atomic E-state index is 0.816. The van der Waals surface area contributed by atoms with Crippen LogP contribution in [0.4, 0.5) is 5.69 Å². The van der Waals surface area contributed by atoms with Crippen LogP contribution >= 0.6 is 0 Å². The maximum Gasteiger partial charge on any atom is 0.145 e. The monoisotopic (exact) mass is 202 g/mol. The second-order valence-corrected chi connectivity index (χ2v) is 3.58. The standard InChI is InChI=1S/C12H14N2O/c1-14(2)10-6-7-11(15-3)12-9(10)5-4-8-13-12/h4-8H,1-3H3. The first-order valence-corrected chi connectivity index (χ1v) is 4.83. The molecule has 3 nitrogen and oxygen atoms in total. The summed E-state index contributed by atoms with van der Waals surface area (Å²) in [5.41, 5.74) is 2.06. The molecule has 0 aliphatic heterocycles. The molecule has 78 valence electrons. The Hall–Kier alpha value is -1.77. The van der Waals surface area contributed by atoms with E-state index in [1.165, 1.54) is 0 Å². The molecule has 0 N–H and O–H groups in total. The fraction of sp³-hybridized carbons (Fsp3) is 0.250. The molecule has 1 aromatic heterocycles. The predicted molar refractivity (Wildman–Crippen MR) is 62.6 cm³/mol. The Labute approximate surface area is 89.3 Å². The van der Waals surface area contributed by atoms with E-state index in [0.717, 1.165) is 22.3 Å².